The van der Waals surface area contributed by atoms with Crippen molar-refractivity contribution in [1.29, 1.82) is 0 Å². The van der Waals surface area contributed by atoms with Crippen LogP contribution in [0.15, 0.2) is 155 Å². The van der Waals surface area contributed by atoms with Crippen LogP contribution < -0.4 is 0 Å². The molecule has 1 aliphatic rings. The number of nitrogens with zero attached hydrogens (tertiary/aromatic N) is 4. The number of aromatic nitrogens is 4. The van der Waals surface area contributed by atoms with E-state index in [2.05, 4.69) is 155 Å². The first kappa shape index (κ1) is 26.9. The van der Waals surface area contributed by atoms with Gasteiger partial charge in [0.1, 0.15) is 0 Å². The number of para-hydroxylation sites is 3. The Labute approximate surface area is 293 Å². The molecule has 50 heavy (non-hydrogen) atoms. The fraction of sp³-hybridized carbons (Fsp3) is 0. The van der Waals surface area contributed by atoms with Crippen molar-refractivity contribution in [1.82, 2.24) is 19.1 Å². The Morgan fingerprint density at radius 1 is 0.440 bits per heavy atom. The molecule has 0 fully saturated rings. The molecular formula is C44H24N4S2. The molecule has 12 rings (SSSR count). The maximum Gasteiger partial charge on any atom is 0.235 e. The minimum atomic E-state index is 0.701. The molecule has 0 bridgehead atoms. The first-order valence-electron chi connectivity index (χ1n) is 16.7. The molecule has 0 unspecified atom stereocenters. The van der Waals surface area contributed by atoms with Gasteiger partial charge in [-0.1, -0.05) is 90.6 Å². The number of thiophene rings is 1. The highest BCUT2D eigenvalue weighted by molar-refractivity contribution is 7.99. The van der Waals surface area contributed by atoms with Gasteiger partial charge in [0, 0.05) is 68.1 Å². The van der Waals surface area contributed by atoms with Crippen molar-refractivity contribution in [3.63, 3.8) is 0 Å². The summed E-state index contributed by atoms with van der Waals surface area (Å²) in [5.74, 6) is 0.701. The van der Waals surface area contributed by atoms with E-state index in [1.54, 1.807) is 11.8 Å². The average Bonchev–Trinajstić information content (AvgIpc) is 3.80. The van der Waals surface area contributed by atoms with Crippen LogP contribution in [0.2, 0.25) is 0 Å². The third-order valence-electron chi connectivity index (χ3n) is 10.3. The minimum absolute atomic E-state index is 0.701. The van der Waals surface area contributed by atoms with Gasteiger partial charge in [0.05, 0.1) is 33.3 Å². The molecule has 7 aromatic carbocycles. The molecule has 6 heteroatoms. The summed E-state index contributed by atoms with van der Waals surface area (Å²) in [6, 6.07) is 52.7. The molecular weight excluding hydrogens is 649 g/mol. The van der Waals surface area contributed by atoms with Crippen LogP contribution in [0.5, 0.6) is 0 Å². The predicted octanol–water partition coefficient (Wildman–Crippen LogP) is 12.3. The highest BCUT2D eigenvalue weighted by atomic mass is 32.2. The van der Waals surface area contributed by atoms with E-state index in [4.69, 9.17) is 9.97 Å². The van der Waals surface area contributed by atoms with Gasteiger partial charge in [-0.2, -0.15) is 0 Å². The summed E-state index contributed by atoms with van der Waals surface area (Å²) in [4.78, 5) is 13.1. The van der Waals surface area contributed by atoms with Crippen molar-refractivity contribution in [2.24, 2.45) is 0 Å². The van der Waals surface area contributed by atoms with Gasteiger partial charge >= 0.3 is 0 Å². The molecule has 11 aromatic rings. The Morgan fingerprint density at radius 3 is 1.82 bits per heavy atom. The molecule has 232 valence electrons. The molecule has 0 radical (unpaired) electrons. The SMILES string of the molecule is c1ccc(-n2c3ccccc3c3cc4c(cc32)sc2cc3c(cc24)c2ccccc2n3-c2nc3c4c(cccc4n2)Sc2ccccc2-3)cc1. The molecule has 4 aromatic heterocycles. The highest BCUT2D eigenvalue weighted by Crippen LogP contribution is 2.48. The van der Waals surface area contributed by atoms with Crippen molar-refractivity contribution in [2.75, 3.05) is 0 Å². The lowest BCUT2D eigenvalue weighted by molar-refractivity contribution is 1.01. The van der Waals surface area contributed by atoms with Crippen LogP contribution in [-0.4, -0.2) is 19.1 Å². The molecule has 1 aliphatic heterocycles. The Balaban J connectivity index is 1.16. The number of benzene rings is 7. The van der Waals surface area contributed by atoms with Crippen LogP contribution >= 0.6 is 23.1 Å². The quantitative estimate of drug-likeness (QED) is 0.183. The Hall–Kier alpha value is -5.95. The van der Waals surface area contributed by atoms with E-state index in [9.17, 15) is 0 Å². The normalized spacial score (nSPS) is 12.7. The zero-order chi connectivity index (χ0) is 32.5. The van der Waals surface area contributed by atoms with E-state index in [1.165, 1.54) is 68.2 Å². The summed E-state index contributed by atoms with van der Waals surface area (Å²) in [7, 11) is 0. The predicted molar refractivity (Wildman–Crippen MR) is 211 cm³/mol. The minimum Gasteiger partial charge on any atom is -0.309 e. The van der Waals surface area contributed by atoms with Crippen molar-refractivity contribution in [2.45, 2.75) is 9.79 Å². The molecule has 0 spiro atoms. The second-order valence-electron chi connectivity index (χ2n) is 13.0. The van der Waals surface area contributed by atoms with Crippen LogP contribution in [0.4, 0.5) is 0 Å². The van der Waals surface area contributed by atoms with E-state index < -0.39 is 0 Å². The molecule has 0 N–H and O–H groups in total. The lowest BCUT2D eigenvalue weighted by atomic mass is 10.1. The van der Waals surface area contributed by atoms with E-state index in [1.807, 2.05) is 11.3 Å². The second-order valence-corrected chi connectivity index (χ2v) is 15.2. The Morgan fingerprint density at radius 2 is 1.06 bits per heavy atom. The molecule has 4 nitrogen and oxygen atoms in total. The van der Waals surface area contributed by atoms with Gasteiger partial charge in [-0.25, -0.2) is 9.97 Å². The third-order valence-corrected chi connectivity index (χ3v) is 12.6. The van der Waals surface area contributed by atoms with Crippen LogP contribution in [-0.2, 0) is 0 Å². The largest absolute Gasteiger partial charge is 0.309 e. The lowest BCUT2D eigenvalue weighted by Crippen LogP contribution is -2.05. The van der Waals surface area contributed by atoms with Crippen LogP contribution in [0, 0.1) is 0 Å². The standard InChI is InChI=1S/C44H24N4S2/c1-2-11-25(12-3-1)47-34-17-7-4-13-26(34)29-21-31-32-22-30-27-14-5-8-18-35(27)48(37(30)24-41(32)50-40(31)23-36(29)47)44-45-33-16-10-20-39-42(33)43(46-44)28-15-6-9-19-38(28)49-39/h1-24H. The summed E-state index contributed by atoms with van der Waals surface area (Å²) in [5.41, 5.74) is 8.99. The average molecular weight is 673 g/mol. The van der Waals surface area contributed by atoms with Gasteiger partial charge < -0.3 is 4.57 Å². The lowest BCUT2D eigenvalue weighted by Gasteiger charge is -2.20. The number of hydrogen-bond acceptors (Lipinski definition) is 4. The maximum absolute atomic E-state index is 5.38. The zero-order valence-corrected chi connectivity index (χ0v) is 28.1. The summed E-state index contributed by atoms with van der Waals surface area (Å²) in [5, 5.41) is 8.66. The summed E-state index contributed by atoms with van der Waals surface area (Å²) in [6.45, 7) is 0. The summed E-state index contributed by atoms with van der Waals surface area (Å²) >= 11 is 3.66. The van der Waals surface area contributed by atoms with Gasteiger partial charge in [-0.15, -0.1) is 11.3 Å². The molecule has 5 heterocycles. The molecule has 0 saturated heterocycles. The van der Waals surface area contributed by atoms with Gasteiger partial charge in [-0.3, -0.25) is 4.57 Å². The second kappa shape index (κ2) is 9.82. The molecule has 0 atom stereocenters. The summed E-state index contributed by atoms with van der Waals surface area (Å²) in [6.07, 6.45) is 0. The van der Waals surface area contributed by atoms with Crippen LogP contribution in [0.1, 0.15) is 0 Å². The van der Waals surface area contributed by atoms with Gasteiger partial charge in [0.25, 0.3) is 0 Å². The fourth-order valence-electron chi connectivity index (χ4n) is 8.16. The third kappa shape index (κ3) is 3.56. The van der Waals surface area contributed by atoms with E-state index in [0.717, 1.165) is 33.2 Å². The molecule has 0 saturated carbocycles. The van der Waals surface area contributed by atoms with Crippen molar-refractivity contribution in [3.8, 4) is 22.9 Å². The first-order chi connectivity index (χ1) is 24.8. The van der Waals surface area contributed by atoms with Crippen molar-refractivity contribution < 1.29 is 0 Å². The van der Waals surface area contributed by atoms with E-state index in [0.29, 0.717) is 5.95 Å². The topological polar surface area (TPSA) is 35.6 Å². The zero-order valence-electron chi connectivity index (χ0n) is 26.5. The fourth-order valence-corrected chi connectivity index (χ4v) is 10.4. The van der Waals surface area contributed by atoms with Crippen molar-refractivity contribution in [3.05, 3.63) is 146 Å². The number of rotatable bonds is 2. The number of fused-ring (bicyclic) bond motifs is 11. The Bertz CT molecular complexity index is 3240. The summed E-state index contributed by atoms with van der Waals surface area (Å²) < 4.78 is 7.21. The van der Waals surface area contributed by atoms with Crippen LogP contribution in [0.3, 0.4) is 0 Å². The monoisotopic (exact) mass is 672 g/mol. The van der Waals surface area contributed by atoms with Gasteiger partial charge in [0.15, 0.2) is 0 Å². The molecule has 0 amide bonds. The van der Waals surface area contributed by atoms with E-state index in [-0.39, 0.29) is 0 Å². The van der Waals surface area contributed by atoms with Gasteiger partial charge in [0.2, 0.25) is 5.95 Å². The Kier molecular flexibility index (Phi) is 5.29. The number of hydrogen-bond donors (Lipinski definition) is 0. The smallest absolute Gasteiger partial charge is 0.235 e. The van der Waals surface area contributed by atoms with E-state index >= 15 is 0 Å². The molecule has 0 aliphatic carbocycles. The van der Waals surface area contributed by atoms with Crippen LogP contribution in [0.25, 0.3) is 97.6 Å². The van der Waals surface area contributed by atoms with Gasteiger partial charge in [-0.05, 0) is 66.7 Å². The van der Waals surface area contributed by atoms with Crippen molar-refractivity contribution >= 4 is 97.8 Å². The first-order valence-corrected chi connectivity index (χ1v) is 18.4. The highest BCUT2D eigenvalue weighted by Gasteiger charge is 2.24. The maximum atomic E-state index is 5.38.